The van der Waals surface area contributed by atoms with Crippen LogP contribution in [0.25, 0.3) is 0 Å². The average molecular weight is 244 g/mol. The lowest BCUT2D eigenvalue weighted by Gasteiger charge is -2.18. The molecule has 0 rings (SSSR count). The molecule has 1 amide bonds. The summed E-state index contributed by atoms with van der Waals surface area (Å²) in [6, 6.07) is 0. The van der Waals surface area contributed by atoms with Crippen LogP contribution in [0.2, 0.25) is 0 Å². The number of nitrogens with two attached hydrogens (primary N) is 1. The van der Waals surface area contributed by atoms with Crippen molar-refractivity contribution in [3.8, 4) is 0 Å². The van der Waals surface area contributed by atoms with Crippen LogP contribution in [0.1, 0.15) is 52.9 Å². The van der Waals surface area contributed by atoms with Crippen molar-refractivity contribution >= 4 is 5.91 Å². The van der Waals surface area contributed by atoms with E-state index in [1.54, 1.807) is 13.8 Å². The Morgan fingerprint density at radius 3 is 2.47 bits per heavy atom. The van der Waals surface area contributed by atoms with Gasteiger partial charge in [-0.25, -0.2) is 0 Å². The second kappa shape index (κ2) is 8.48. The first-order chi connectivity index (χ1) is 7.89. The first kappa shape index (κ1) is 16.4. The smallest absolute Gasteiger partial charge is 0.220 e. The lowest BCUT2D eigenvalue weighted by atomic mass is 9.94. The van der Waals surface area contributed by atoms with Gasteiger partial charge < -0.3 is 16.2 Å². The van der Waals surface area contributed by atoms with Gasteiger partial charge in [0, 0.05) is 13.0 Å². The maximum Gasteiger partial charge on any atom is 0.220 e. The minimum absolute atomic E-state index is 0.0187. The third-order valence-corrected chi connectivity index (χ3v) is 2.77. The molecule has 0 aliphatic rings. The van der Waals surface area contributed by atoms with E-state index in [0.29, 0.717) is 25.4 Å². The number of amides is 1. The van der Waals surface area contributed by atoms with E-state index in [9.17, 15) is 9.90 Å². The Labute approximate surface area is 105 Å². The predicted molar refractivity (Wildman–Crippen MR) is 70.6 cm³/mol. The number of hydrogen-bond donors (Lipinski definition) is 3. The highest BCUT2D eigenvalue weighted by Crippen LogP contribution is 2.16. The van der Waals surface area contributed by atoms with Gasteiger partial charge in [-0.3, -0.25) is 4.79 Å². The quantitative estimate of drug-likeness (QED) is 0.574. The SMILES string of the molecule is CCCC(CCN)CCC(=O)NCC(C)(C)O. The fourth-order valence-corrected chi connectivity index (χ4v) is 1.82. The summed E-state index contributed by atoms with van der Waals surface area (Å²) in [5, 5.41) is 12.2. The number of rotatable bonds is 9. The average Bonchev–Trinajstić information content (AvgIpc) is 2.23. The van der Waals surface area contributed by atoms with E-state index in [-0.39, 0.29) is 5.91 Å². The Morgan fingerprint density at radius 1 is 1.35 bits per heavy atom. The van der Waals surface area contributed by atoms with Gasteiger partial charge in [0.1, 0.15) is 0 Å². The van der Waals surface area contributed by atoms with Crippen LogP contribution in [-0.2, 0) is 4.79 Å². The highest BCUT2D eigenvalue weighted by molar-refractivity contribution is 5.75. The maximum atomic E-state index is 11.5. The molecule has 0 aromatic rings. The van der Waals surface area contributed by atoms with Crippen molar-refractivity contribution in [2.75, 3.05) is 13.1 Å². The van der Waals surface area contributed by atoms with E-state index < -0.39 is 5.60 Å². The van der Waals surface area contributed by atoms with E-state index in [4.69, 9.17) is 5.73 Å². The van der Waals surface area contributed by atoms with Crippen molar-refractivity contribution < 1.29 is 9.90 Å². The van der Waals surface area contributed by atoms with Gasteiger partial charge in [0.25, 0.3) is 0 Å². The zero-order chi connectivity index (χ0) is 13.3. The van der Waals surface area contributed by atoms with Crippen LogP contribution in [0, 0.1) is 5.92 Å². The van der Waals surface area contributed by atoms with Crippen molar-refractivity contribution in [2.45, 2.75) is 58.5 Å². The summed E-state index contributed by atoms with van der Waals surface area (Å²) in [4.78, 5) is 11.5. The third-order valence-electron chi connectivity index (χ3n) is 2.77. The summed E-state index contributed by atoms with van der Waals surface area (Å²) in [7, 11) is 0. The molecule has 0 aliphatic heterocycles. The Hall–Kier alpha value is -0.610. The Balaban J connectivity index is 3.79. The molecule has 4 nitrogen and oxygen atoms in total. The van der Waals surface area contributed by atoms with Gasteiger partial charge in [-0.2, -0.15) is 0 Å². The predicted octanol–water partition coefficient (Wildman–Crippen LogP) is 1.42. The van der Waals surface area contributed by atoms with Crippen molar-refractivity contribution in [3.05, 3.63) is 0 Å². The molecule has 4 heteroatoms. The molecule has 102 valence electrons. The fourth-order valence-electron chi connectivity index (χ4n) is 1.82. The molecule has 0 aromatic carbocycles. The van der Waals surface area contributed by atoms with Gasteiger partial charge in [-0.05, 0) is 39.2 Å². The lowest BCUT2D eigenvalue weighted by Crippen LogP contribution is -2.38. The van der Waals surface area contributed by atoms with Crippen molar-refractivity contribution in [1.82, 2.24) is 5.32 Å². The monoisotopic (exact) mass is 244 g/mol. The second-order valence-electron chi connectivity index (χ2n) is 5.36. The summed E-state index contributed by atoms with van der Waals surface area (Å²) < 4.78 is 0. The molecule has 0 fully saturated rings. The third kappa shape index (κ3) is 10.3. The maximum absolute atomic E-state index is 11.5. The largest absolute Gasteiger partial charge is 0.389 e. The van der Waals surface area contributed by atoms with Crippen LogP contribution in [-0.4, -0.2) is 29.7 Å². The van der Waals surface area contributed by atoms with E-state index in [0.717, 1.165) is 25.7 Å². The van der Waals surface area contributed by atoms with Crippen molar-refractivity contribution in [2.24, 2.45) is 11.7 Å². The first-order valence-corrected chi connectivity index (χ1v) is 6.58. The molecule has 0 spiro atoms. The van der Waals surface area contributed by atoms with Crippen molar-refractivity contribution in [3.63, 3.8) is 0 Å². The molecule has 0 radical (unpaired) electrons. The molecule has 17 heavy (non-hydrogen) atoms. The summed E-state index contributed by atoms with van der Waals surface area (Å²) >= 11 is 0. The summed E-state index contributed by atoms with van der Waals surface area (Å²) in [5.41, 5.74) is 4.71. The molecule has 1 unspecified atom stereocenters. The molecule has 0 aromatic heterocycles. The second-order valence-corrected chi connectivity index (χ2v) is 5.36. The Morgan fingerprint density at radius 2 is 2.00 bits per heavy atom. The van der Waals surface area contributed by atoms with Crippen LogP contribution in [0.3, 0.4) is 0 Å². The standard InChI is InChI=1S/C13H28N2O2/c1-4-5-11(8-9-14)6-7-12(16)15-10-13(2,3)17/h11,17H,4-10,14H2,1-3H3,(H,15,16). The fraction of sp³-hybridized carbons (Fsp3) is 0.923. The van der Waals surface area contributed by atoms with E-state index in [1.165, 1.54) is 0 Å². The van der Waals surface area contributed by atoms with Crippen LogP contribution in [0.15, 0.2) is 0 Å². The summed E-state index contributed by atoms with van der Waals surface area (Å²) in [6.07, 6.45) is 4.68. The zero-order valence-electron chi connectivity index (χ0n) is 11.5. The van der Waals surface area contributed by atoms with Crippen LogP contribution in [0.5, 0.6) is 0 Å². The number of carbonyl (C=O) groups is 1. The molecule has 0 saturated carbocycles. The first-order valence-electron chi connectivity index (χ1n) is 6.58. The van der Waals surface area contributed by atoms with E-state index >= 15 is 0 Å². The minimum atomic E-state index is -0.838. The van der Waals surface area contributed by atoms with E-state index in [2.05, 4.69) is 12.2 Å². The van der Waals surface area contributed by atoms with Crippen LogP contribution in [0.4, 0.5) is 0 Å². The van der Waals surface area contributed by atoms with Gasteiger partial charge in [-0.15, -0.1) is 0 Å². The van der Waals surface area contributed by atoms with Gasteiger partial charge >= 0.3 is 0 Å². The highest BCUT2D eigenvalue weighted by atomic mass is 16.3. The Bertz CT molecular complexity index is 206. The van der Waals surface area contributed by atoms with Crippen molar-refractivity contribution in [1.29, 1.82) is 0 Å². The van der Waals surface area contributed by atoms with Crippen LogP contribution >= 0.6 is 0 Å². The topological polar surface area (TPSA) is 75.4 Å². The molecule has 0 heterocycles. The number of carbonyl (C=O) groups excluding carboxylic acids is 1. The van der Waals surface area contributed by atoms with Gasteiger partial charge in [0.15, 0.2) is 0 Å². The molecular weight excluding hydrogens is 216 g/mol. The normalized spacial score (nSPS) is 13.5. The van der Waals surface area contributed by atoms with Gasteiger partial charge in [0.2, 0.25) is 5.91 Å². The molecular formula is C13H28N2O2. The number of aliphatic hydroxyl groups is 1. The summed E-state index contributed by atoms with van der Waals surface area (Å²) in [5.74, 6) is 0.572. The molecule has 0 aliphatic carbocycles. The molecule has 1 atom stereocenters. The molecule has 0 bridgehead atoms. The Kier molecular flexibility index (Phi) is 8.17. The molecule has 4 N–H and O–H groups in total. The van der Waals surface area contributed by atoms with E-state index in [1.807, 2.05) is 0 Å². The lowest BCUT2D eigenvalue weighted by molar-refractivity contribution is -0.122. The van der Waals surface area contributed by atoms with Gasteiger partial charge in [0.05, 0.1) is 5.60 Å². The summed E-state index contributed by atoms with van der Waals surface area (Å²) in [6.45, 7) is 6.51. The number of nitrogens with one attached hydrogen (secondary N) is 1. The number of hydrogen-bond acceptors (Lipinski definition) is 3. The zero-order valence-corrected chi connectivity index (χ0v) is 11.5. The van der Waals surface area contributed by atoms with Gasteiger partial charge in [-0.1, -0.05) is 19.8 Å². The van der Waals surface area contributed by atoms with Crippen LogP contribution < -0.4 is 11.1 Å². The minimum Gasteiger partial charge on any atom is -0.389 e. The molecule has 0 saturated heterocycles. The highest BCUT2D eigenvalue weighted by Gasteiger charge is 2.15.